The van der Waals surface area contributed by atoms with E-state index in [1.807, 2.05) is 14.1 Å². The van der Waals surface area contributed by atoms with Gasteiger partial charge in [-0.05, 0) is 39.9 Å². The van der Waals surface area contributed by atoms with Crippen LogP contribution in [-0.4, -0.2) is 63.1 Å². The van der Waals surface area contributed by atoms with Crippen molar-refractivity contribution >= 4 is 10.0 Å². The summed E-state index contributed by atoms with van der Waals surface area (Å²) in [4.78, 5) is 2.09. The fraction of sp³-hybridized carbons (Fsp3) is 1.00. The second-order valence-corrected chi connectivity index (χ2v) is 6.66. The SMILES string of the molecule is CN(C)C1CCN(S(=O)(=O)CCCCN)C1. The maximum atomic E-state index is 11.9. The Kier molecular flexibility index (Phi) is 5.17. The van der Waals surface area contributed by atoms with Crippen LogP contribution >= 0.6 is 0 Å². The van der Waals surface area contributed by atoms with Crippen LogP contribution in [0.2, 0.25) is 0 Å². The van der Waals surface area contributed by atoms with Crippen molar-refractivity contribution in [3.8, 4) is 0 Å². The third kappa shape index (κ3) is 3.69. The molecule has 5 nitrogen and oxygen atoms in total. The predicted molar refractivity (Wildman–Crippen MR) is 65.7 cm³/mol. The summed E-state index contributed by atoms with van der Waals surface area (Å²) in [5.41, 5.74) is 5.36. The summed E-state index contributed by atoms with van der Waals surface area (Å²) < 4.78 is 25.5. The molecule has 0 aromatic heterocycles. The van der Waals surface area contributed by atoms with Crippen molar-refractivity contribution in [1.82, 2.24) is 9.21 Å². The predicted octanol–water partition coefficient (Wildman–Crippen LogP) is -0.309. The van der Waals surface area contributed by atoms with E-state index >= 15 is 0 Å². The average molecular weight is 249 g/mol. The first-order valence-electron chi connectivity index (χ1n) is 5.81. The summed E-state index contributed by atoms with van der Waals surface area (Å²) in [6, 6.07) is 0.365. The first-order chi connectivity index (χ1) is 7.47. The van der Waals surface area contributed by atoms with Gasteiger partial charge in [0.1, 0.15) is 0 Å². The first kappa shape index (κ1) is 13.9. The average Bonchev–Trinajstić information content (AvgIpc) is 2.67. The number of unbranched alkanes of at least 4 members (excludes halogenated alkanes) is 1. The number of likely N-dealkylation sites (N-methyl/N-ethyl adjacent to an activating group) is 1. The molecule has 1 saturated heterocycles. The van der Waals surface area contributed by atoms with E-state index in [-0.39, 0.29) is 5.75 Å². The minimum absolute atomic E-state index is 0.240. The molecule has 0 amide bonds. The number of hydrogen-bond acceptors (Lipinski definition) is 4. The molecule has 0 radical (unpaired) electrons. The Labute approximate surface area is 98.6 Å². The van der Waals surface area contributed by atoms with E-state index in [0.29, 0.717) is 32.1 Å². The van der Waals surface area contributed by atoms with Gasteiger partial charge in [-0.25, -0.2) is 12.7 Å². The highest BCUT2D eigenvalue weighted by atomic mass is 32.2. The standard InChI is InChI=1S/C10H23N3O2S/c1-12(2)10-5-7-13(9-10)16(14,15)8-4-3-6-11/h10H,3-9,11H2,1-2H3. The highest BCUT2D eigenvalue weighted by Crippen LogP contribution is 2.17. The molecule has 1 atom stereocenters. The van der Waals surface area contributed by atoms with Gasteiger partial charge < -0.3 is 10.6 Å². The van der Waals surface area contributed by atoms with E-state index in [2.05, 4.69) is 4.90 Å². The Hall–Kier alpha value is -0.170. The van der Waals surface area contributed by atoms with Gasteiger partial charge in [0, 0.05) is 19.1 Å². The van der Waals surface area contributed by atoms with Crippen molar-refractivity contribution in [2.24, 2.45) is 5.73 Å². The Balaban J connectivity index is 2.45. The van der Waals surface area contributed by atoms with Gasteiger partial charge in [0.25, 0.3) is 0 Å². The Morgan fingerprint density at radius 2 is 2.06 bits per heavy atom. The van der Waals surface area contributed by atoms with Crippen LogP contribution in [0.3, 0.4) is 0 Å². The van der Waals surface area contributed by atoms with Crippen molar-refractivity contribution in [3.05, 3.63) is 0 Å². The minimum Gasteiger partial charge on any atom is -0.330 e. The maximum Gasteiger partial charge on any atom is 0.214 e. The van der Waals surface area contributed by atoms with E-state index in [9.17, 15) is 8.42 Å². The van der Waals surface area contributed by atoms with Crippen molar-refractivity contribution in [1.29, 1.82) is 0 Å². The van der Waals surface area contributed by atoms with E-state index in [1.54, 1.807) is 4.31 Å². The summed E-state index contributed by atoms with van der Waals surface area (Å²) in [5.74, 6) is 0.240. The summed E-state index contributed by atoms with van der Waals surface area (Å²) >= 11 is 0. The molecule has 6 heteroatoms. The van der Waals surface area contributed by atoms with Gasteiger partial charge in [0.05, 0.1) is 5.75 Å². The van der Waals surface area contributed by atoms with E-state index in [4.69, 9.17) is 5.73 Å². The first-order valence-corrected chi connectivity index (χ1v) is 7.42. The second kappa shape index (κ2) is 5.95. The van der Waals surface area contributed by atoms with Crippen molar-refractivity contribution < 1.29 is 8.42 Å². The lowest BCUT2D eigenvalue weighted by atomic mass is 10.2. The van der Waals surface area contributed by atoms with Crippen LogP contribution in [0, 0.1) is 0 Å². The van der Waals surface area contributed by atoms with Gasteiger partial charge in [0.2, 0.25) is 10.0 Å². The molecule has 0 saturated carbocycles. The van der Waals surface area contributed by atoms with Crippen molar-refractivity contribution in [2.45, 2.75) is 25.3 Å². The van der Waals surface area contributed by atoms with Gasteiger partial charge >= 0.3 is 0 Å². The topological polar surface area (TPSA) is 66.6 Å². The van der Waals surface area contributed by atoms with Crippen LogP contribution in [0.25, 0.3) is 0 Å². The molecule has 0 aliphatic carbocycles. The molecule has 2 N–H and O–H groups in total. The van der Waals surface area contributed by atoms with E-state index < -0.39 is 10.0 Å². The highest BCUT2D eigenvalue weighted by Gasteiger charge is 2.31. The normalized spacial score (nSPS) is 23.1. The van der Waals surface area contributed by atoms with Crippen LogP contribution in [0.5, 0.6) is 0 Å². The lowest BCUT2D eigenvalue weighted by molar-refractivity contribution is 0.302. The molecule has 1 unspecified atom stereocenters. The van der Waals surface area contributed by atoms with Gasteiger partial charge in [0.15, 0.2) is 0 Å². The maximum absolute atomic E-state index is 11.9. The van der Waals surface area contributed by atoms with Crippen molar-refractivity contribution in [2.75, 3.05) is 39.5 Å². The molecule has 96 valence electrons. The molecule has 1 aliphatic rings. The minimum atomic E-state index is -3.05. The lowest BCUT2D eigenvalue weighted by Gasteiger charge is -2.20. The highest BCUT2D eigenvalue weighted by molar-refractivity contribution is 7.89. The zero-order chi connectivity index (χ0) is 12.2. The third-order valence-electron chi connectivity index (χ3n) is 3.11. The molecule has 1 heterocycles. The van der Waals surface area contributed by atoms with Gasteiger partial charge in [-0.2, -0.15) is 0 Å². The quantitative estimate of drug-likeness (QED) is 0.656. The number of nitrogens with two attached hydrogens (primary N) is 1. The molecule has 1 aliphatic heterocycles. The summed E-state index contributed by atoms with van der Waals surface area (Å²) in [6.45, 7) is 1.86. The molecule has 0 spiro atoms. The molecular formula is C10H23N3O2S. The fourth-order valence-electron chi connectivity index (χ4n) is 1.94. The number of sulfonamides is 1. The van der Waals surface area contributed by atoms with Crippen LogP contribution in [-0.2, 0) is 10.0 Å². The third-order valence-corrected chi connectivity index (χ3v) is 5.03. The molecule has 0 bridgehead atoms. The van der Waals surface area contributed by atoms with E-state index in [0.717, 1.165) is 12.8 Å². The fourth-order valence-corrected chi connectivity index (χ4v) is 3.55. The molecule has 0 aromatic rings. The number of nitrogens with zero attached hydrogens (tertiary/aromatic N) is 2. The molecule has 16 heavy (non-hydrogen) atoms. The molecular weight excluding hydrogens is 226 g/mol. The Morgan fingerprint density at radius 3 is 2.56 bits per heavy atom. The number of hydrogen-bond donors (Lipinski definition) is 1. The monoisotopic (exact) mass is 249 g/mol. The zero-order valence-electron chi connectivity index (χ0n) is 10.2. The Bertz CT molecular complexity index is 303. The van der Waals surface area contributed by atoms with Crippen LogP contribution in [0.4, 0.5) is 0 Å². The smallest absolute Gasteiger partial charge is 0.214 e. The van der Waals surface area contributed by atoms with Gasteiger partial charge in [-0.3, -0.25) is 0 Å². The molecule has 1 rings (SSSR count). The lowest BCUT2D eigenvalue weighted by Crippen LogP contribution is -2.35. The summed E-state index contributed by atoms with van der Waals surface area (Å²) in [5, 5.41) is 0. The molecule has 0 aromatic carbocycles. The van der Waals surface area contributed by atoms with Gasteiger partial charge in [-0.1, -0.05) is 0 Å². The summed E-state index contributed by atoms with van der Waals surface area (Å²) in [7, 11) is 0.943. The van der Waals surface area contributed by atoms with Crippen LogP contribution < -0.4 is 5.73 Å². The zero-order valence-corrected chi connectivity index (χ0v) is 11.0. The second-order valence-electron chi connectivity index (χ2n) is 4.58. The number of rotatable bonds is 6. The van der Waals surface area contributed by atoms with Crippen molar-refractivity contribution in [3.63, 3.8) is 0 Å². The Morgan fingerprint density at radius 1 is 1.38 bits per heavy atom. The van der Waals surface area contributed by atoms with Crippen LogP contribution in [0.1, 0.15) is 19.3 Å². The largest absolute Gasteiger partial charge is 0.330 e. The van der Waals surface area contributed by atoms with Crippen LogP contribution in [0.15, 0.2) is 0 Å². The van der Waals surface area contributed by atoms with E-state index in [1.165, 1.54) is 0 Å². The summed E-state index contributed by atoms with van der Waals surface area (Å²) in [6.07, 6.45) is 2.38. The van der Waals surface area contributed by atoms with Gasteiger partial charge in [-0.15, -0.1) is 0 Å². The molecule has 1 fully saturated rings.